The molecule has 0 saturated carbocycles. The zero-order valence-corrected chi connectivity index (χ0v) is 14.4. The van der Waals surface area contributed by atoms with Crippen LogP contribution in [0.1, 0.15) is 27.2 Å². The van der Waals surface area contributed by atoms with Crippen LogP contribution in [-0.2, 0) is 17.8 Å². The monoisotopic (exact) mass is 402 g/mol. The van der Waals surface area contributed by atoms with E-state index in [9.17, 15) is 27.5 Å². The van der Waals surface area contributed by atoms with Crippen LogP contribution in [0.5, 0.6) is 0 Å². The fourth-order valence-corrected chi connectivity index (χ4v) is 2.57. The van der Waals surface area contributed by atoms with E-state index in [1.165, 1.54) is 0 Å². The van der Waals surface area contributed by atoms with E-state index in [0.29, 0.717) is 31.2 Å². The Bertz CT molecular complexity index is 887. The molecule has 2 N–H and O–H groups in total. The van der Waals surface area contributed by atoms with Crippen molar-refractivity contribution in [2.75, 3.05) is 11.4 Å². The molecule has 0 aromatic carbocycles. The minimum absolute atomic E-state index is 0.284. The molecule has 28 heavy (non-hydrogen) atoms. The van der Waals surface area contributed by atoms with E-state index >= 15 is 0 Å². The second kappa shape index (κ2) is 8.15. The third-order valence-corrected chi connectivity index (χ3v) is 3.80. The quantitative estimate of drug-likeness (QED) is 0.735. The van der Waals surface area contributed by atoms with E-state index in [1.807, 2.05) is 4.90 Å². The molecule has 2 aromatic heterocycles. The van der Waals surface area contributed by atoms with E-state index in [4.69, 9.17) is 9.90 Å². The fraction of sp³-hybridized carbons (Fsp3) is 0.312. The predicted molar refractivity (Wildman–Crippen MR) is 86.4 cm³/mol. The number of carboxylic acid groups (broad SMARTS) is 2. The summed E-state index contributed by atoms with van der Waals surface area (Å²) in [6, 6.07) is 0. The number of aryl methyl sites for hydroxylation is 1. The molecule has 2 aromatic rings. The van der Waals surface area contributed by atoms with Crippen LogP contribution in [0.4, 0.5) is 23.5 Å². The van der Waals surface area contributed by atoms with Gasteiger partial charge in [-0.15, -0.1) is 0 Å². The van der Waals surface area contributed by atoms with Crippen molar-refractivity contribution in [2.24, 2.45) is 0 Å². The Kier molecular flexibility index (Phi) is 6.11. The number of aromatic nitrogens is 3. The van der Waals surface area contributed by atoms with Crippen LogP contribution in [0.2, 0.25) is 0 Å². The molecule has 0 fully saturated rings. The van der Waals surface area contributed by atoms with Crippen molar-refractivity contribution in [2.45, 2.75) is 26.1 Å². The summed E-state index contributed by atoms with van der Waals surface area (Å²) in [5.74, 6) is -3.77. The zero-order valence-electron chi connectivity index (χ0n) is 14.4. The van der Waals surface area contributed by atoms with Gasteiger partial charge in [-0.3, -0.25) is 4.98 Å². The van der Waals surface area contributed by atoms with Crippen LogP contribution in [0.3, 0.4) is 0 Å². The normalized spacial score (nSPS) is 13.2. The van der Waals surface area contributed by atoms with Crippen LogP contribution in [-0.4, -0.2) is 49.8 Å². The van der Waals surface area contributed by atoms with E-state index in [1.54, 1.807) is 13.1 Å². The SMILES string of the molecule is Cc1ncc2c(c1C(=O)O)CCN(c1ncc(F)cn1)C2.O=C(O)C(F)(F)F. The highest BCUT2D eigenvalue weighted by molar-refractivity contribution is 5.91. The molecule has 12 heteroatoms. The number of aliphatic carboxylic acids is 1. The molecule has 1 aliphatic heterocycles. The lowest BCUT2D eigenvalue weighted by Crippen LogP contribution is -2.33. The van der Waals surface area contributed by atoms with Gasteiger partial charge in [0, 0.05) is 19.3 Å². The Morgan fingerprint density at radius 2 is 1.68 bits per heavy atom. The summed E-state index contributed by atoms with van der Waals surface area (Å²) < 4.78 is 44.6. The van der Waals surface area contributed by atoms with Gasteiger partial charge in [-0.25, -0.2) is 23.9 Å². The number of hydrogen-bond donors (Lipinski definition) is 2. The molecule has 3 heterocycles. The molecule has 0 amide bonds. The molecule has 0 radical (unpaired) electrons. The number of rotatable bonds is 2. The lowest BCUT2D eigenvalue weighted by Gasteiger charge is -2.29. The number of pyridine rings is 1. The summed E-state index contributed by atoms with van der Waals surface area (Å²) in [5.41, 5.74) is 2.46. The lowest BCUT2D eigenvalue weighted by molar-refractivity contribution is -0.192. The van der Waals surface area contributed by atoms with Crippen LogP contribution >= 0.6 is 0 Å². The third kappa shape index (κ3) is 4.90. The molecule has 0 unspecified atom stereocenters. The molecular weight excluding hydrogens is 388 g/mol. The summed E-state index contributed by atoms with van der Waals surface area (Å²) in [6.45, 7) is 2.75. The van der Waals surface area contributed by atoms with Gasteiger partial charge in [0.15, 0.2) is 5.82 Å². The van der Waals surface area contributed by atoms with Gasteiger partial charge in [0.2, 0.25) is 5.95 Å². The number of carbonyl (C=O) groups is 2. The molecule has 150 valence electrons. The maximum Gasteiger partial charge on any atom is 0.490 e. The van der Waals surface area contributed by atoms with Crippen LogP contribution in [0.25, 0.3) is 0 Å². The molecule has 0 atom stereocenters. The average Bonchev–Trinajstić information content (AvgIpc) is 2.61. The van der Waals surface area contributed by atoms with Gasteiger partial charge in [0.1, 0.15) is 0 Å². The topological polar surface area (TPSA) is 117 Å². The van der Waals surface area contributed by atoms with Gasteiger partial charge in [0.25, 0.3) is 0 Å². The Hall–Kier alpha value is -3.31. The first-order chi connectivity index (χ1) is 13.0. The minimum Gasteiger partial charge on any atom is -0.478 e. The standard InChI is InChI=1S/C14H13FN4O2.C2HF3O2/c1-8-12(13(20)21)11-2-3-19(7-9(11)4-16-8)14-17-5-10(15)6-18-14;3-2(4,5)1(6)7/h4-6H,2-3,7H2,1H3,(H,20,21);(H,6,7). The summed E-state index contributed by atoms with van der Waals surface area (Å²) in [6.07, 6.45) is -0.588. The first kappa shape index (κ1) is 21.0. The van der Waals surface area contributed by atoms with Crippen molar-refractivity contribution in [1.82, 2.24) is 15.0 Å². The Balaban J connectivity index is 0.000000345. The van der Waals surface area contributed by atoms with Gasteiger partial charge in [-0.1, -0.05) is 0 Å². The van der Waals surface area contributed by atoms with Gasteiger partial charge in [-0.2, -0.15) is 13.2 Å². The molecule has 0 spiro atoms. The van der Waals surface area contributed by atoms with Crippen molar-refractivity contribution in [3.63, 3.8) is 0 Å². The molecule has 0 saturated heterocycles. The Labute approximate surface area is 155 Å². The molecule has 3 rings (SSSR count). The first-order valence-electron chi connectivity index (χ1n) is 7.74. The second-order valence-electron chi connectivity index (χ2n) is 5.70. The summed E-state index contributed by atoms with van der Waals surface area (Å²) in [5, 5.41) is 16.4. The molecule has 1 aliphatic rings. The lowest BCUT2D eigenvalue weighted by atomic mass is 9.95. The smallest absolute Gasteiger partial charge is 0.478 e. The van der Waals surface area contributed by atoms with Crippen LogP contribution in [0.15, 0.2) is 18.6 Å². The highest BCUT2D eigenvalue weighted by atomic mass is 19.4. The maximum atomic E-state index is 12.9. The predicted octanol–water partition coefficient (Wildman–Crippen LogP) is 2.21. The van der Waals surface area contributed by atoms with Crippen molar-refractivity contribution in [3.05, 3.63) is 46.8 Å². The number of halogens is 4. The molecule has 0 bridgehead atoms. The number of hydrogen-bond acceptors (Lipinski definition) is 6. The van der Waals surface area contributed by atoms with E-state index in [-0.39, 0.29) is 5.56 Å². The fourth-order valence-electron chi connectivity index (χ4n) is 2.57. The number of aromatic carboxylic acids is 1. The number of fused-ring (bicyclic) bond motifs is 1. The Morgan fingerprint density at radius 3 is 2.18 bits per heavy atom. The highest BCUT2D eigenvalue weighted by Crippen LogP contribution is 2.25. The van der Waals surface area contributed by atoms with Gasteiger partial charge >= 0.3 is 18.1 Å². The number of nitrogens with zero attached hydrogens (tertiary/aromatic N) is 4. The van der Waals surface area contributed by atoms with Crippen LogP contribution in [0, 0.1) is 12.7 Å². The number of alkyl halides is 3. The van der Waals surface area contributed by atoms with E-state index < -0.39 is 23.9 Å². The van der Waals surface area contributed by atoms with Crippen molar-refractivity contribution in [1.29, 1.82) is 0 Å². The van der Waals surface area contributed by atoms with Gasteiger partial charge in [0.05, 0.1) is 23.7 Å². The number of carboxylic acids is 2. The maximum absolute atomic E-state index is 12.9. The third-order valence-electron chi connectivity index (χ3n) is 3.80. The van der Waals surface area contributed by atoms with Crippen molar-refractivity contribution >= 4 is 17.9 Å². The largest absolute Gasteiger partial charge is 0.490 e. The molecule has 8 nitrogen and oxygen atoms in total. The van der Waals surface area contributed by atoms with E-state index in [2.05, 4.69) is 15.0 Å². The molecule has 0 aliphatic carbocycles. The molecular formula is C16H14F4N4O4. The summed E-state index contributed by atoms with van der Waals surface area (Å²) in [7, 11) is 0. The van der Waals surface area contributed by atoms with Crippen molar-refractivity contribution in [3.8, 4) is 0 Å². The van der Waals surface area contributed by atoms with E-state index in [0.717, 1.165) is 23.5 Å². The van der Waals surface area contributed by atoms with Gasteiger partial charge < -0.3 is 15.1 Å². The summed E-state index contributed by atoms with van der Waals surface area (Å²) in [4.78, 5) is 34.2. The minimum atomic E-state index is -5.08. The average molecular weight is 402 g/mol. The first-order valence-corrected chi connectivity index (χ1v) is 7.74. The Morgan fingerprint density at radius 1 is 1.11 bits per heavy atom. The van der Waals surface area contributed by atoms with Gasteiger partial charge in [-0.05, 0) is 24.5 Å². The number of anilines is 1. The second-order valence-corrected chi connectivity index (χ2v) is 5.70. The zero-order chi connectivity index (χ0) is 21.1. The van der Waals surface area contributed by atoms with Crippen molar-refractivity contribution < 1.29 is 37.4 Å². The summed E-state index contributed by atoms with van der Waals surface area (Å²) >= 11 is 0. The highest BCUT2D eigenvalue weighted by Gasteiger charge is 2.38. The van der Waals surface area contributed by atoms with Crippen LogP contribution < -0.4 is 4.90 Å².